The van der Waals surface area contributed by atoms with E-state index in [1.807, 2.05) is 0 Å². The third-order valence-corrected chi connectivity index (χ3v) is 2.87. The summed E-state index contributed by atoms with van der Waals surface area (Å²) in [6, 6.07) is 0. The molecular formula is C12H18N6O3. The zero-order valence-corrected chi connectivity index (χ0v) is 11.6. The summed E-state index contributed by atoms with van der Waals surface area (Å²) in [5.41, 5.74) is 5.29. The van der Waals surface area contributed by atoms with Crippen LogP contribution in [0.1, 0.15) is 25.1 Å². The number of rotatable bonds is 6. The molecule has 9 nitrogen and oxygen atoms in total. The molecule has 2 aromatic heterocycles. The van der Waals surface area contributed by atoms with E-state index in [9.17, 15) is 15.0 Å². The van der Waals surface area contributed by atoms with E-state index in [0.29, 0.717) is 13.1 Å². The average Bonchev–Trinajstić information content (AvgIpc) is 2.46. The molecule has 2 atom stereocenters. The maximum absolute atomic E-state index is 11.9. The summed E-state index contributed by atoms with van der Waals surface area (Å²) in [4.78, 5) is 26.6. The molecule has 114 valence electrons. The van der Waals surface area contributed by atoms with E-state index < -0.39 is 17.8 Å². The van der Waals surface area contributed by atoms with Crippen molar-refractivity contribution in [3.8, 4) is 0 Å². The molecule has 0 saturated heterocycles. The molecule has 2 heterocycles. The first-order valence-electron chi connectivity index (χ1n) is 6.60. The van der Waals surface area contributed by atoms with Crippen LogP contribution in [-0.4, -0.2) is 49.3 Å². The molecule has 9 heteroatoms. The van der Waals surface area contributed by atoms with Crippen molar-refractivity contribution in [2.24, 2.45) is 5.73 Å². The number of nitrogens with two attached hydrogens (primary N) is 1. The molecule has 0 aliphatic heterocycles. The van der Waals surface area contributed by atoms with Gasteiger partial charge in [-0.1, -0.05) is 0 Å². The summed E-state index contributed by atoms with van der Waals surface area (Å²) in [6.45, 7) is 2.52. The predicted octanol–water partition coefficient (Wildman–Crippen LogP) is -1.11. The molecule has 2 unspecified atom stereocenters. The Balaban J connectivity index is 2.37. The van der Waals surface area contributed by atoms with Crippen molar-refractivity contribution in [2.75, 3.05) is 18.4 Å². The van der Waals surface area contributed by atoms with Gasteiger partial charge in [-0.2, -0.15) is 4.98 Å². The van der Waals surface area contributed by atoms with Crippen LogP contribution in [0.5, 0.6) is 0 Å². The zero-order chi connectivity index (χ0) is 15.4. The second-order valence-electron chi connectivity index (χ2n) is 4.64. The SMILES string of the molecule is CC(O)C(O)c1cnc2c(=O)[nH]c(NCCCN)nc2n1. The molecule has 21 heavy (non-hydrogen) atoms. The number of aliphatic hydroxyl groups is 2. The highest BCUT2D eigenvalue weighted by molar-refractivity contribution is 5.69. The smallest absolute Gasteiger partial charge is 0.280 e. The van der Waals surface area contributed by atoms with Gasteiger partial charge in [-0.25, -0.2) is 9.97 Å². The van der Waals surface area contributed by atoms with Gasteiger partial charge in [0.15, 0.2) is 11.2 Å². The molecule has 0 aromatic carbocycles. The molecule has 0 radical (unpaired) electrons. The van der Waals surface area contributed by atoms with E-state index in [1.54, 1.807) is 0 Å². The van der Waals surface area contributed by atoms with Gasteiger partial charge in [-0.05, 0) is 19.9 Å². The molecule has 2 rings (SSSR count). The highest BCUT2D eigenvalue weighted by Crippen LogP contribution is 2.15. The van der Waals surface area contributed by atoms with Gasteiger partial charge < -0.3 is 21.3 Å². The highest BCUT2D eigenvalue weighted by atomic mass is 16.3. The molecule has 0 bridgehead atoms. The van der Waals surface area contributed by atoms with Crippen molar-refractivity contribution in [1.82, 2.24) is 19.9 Å². The molecule has 0 aliphatic rings. The number of H-pyrrole nitrogens is 1. The monoisotopic (exact) mass is 294 g/mol. The van der Waals surface area contributed by atoms with Gasteiger partial charge in [0.1, 0.15) is 6.10 Å². The Morgan fingerprint density at radius 2 is 2.19 bits per heavy atom. The van der Waals surface area contributed by atoms with Crippen molar-refractivity contribution in [3.05, 3.63) is 22.2 Å². The van der Waals surface area contributed by atoms with Gasteiger partial charge >= 0.3 is 0 Å². The van der Waals surface area contributed by atoms with Crippen molar-refractivity contribution < 1.29 is 10.2 Å². The molecule has 0 fully saturated rings. The molecule has 0 aliphatic carbocycles. The van der Waals surface area contributed by atoms with E-state index >= 15 is 0 Å². The number of fused-ring (bicyclic) bond motifs is 1. The van der Waals surface area contributed by atoms with Crippen molar-refractivity contribution in [2.45, 2.75) is 25.6 Å². The van der Waals surface area contributed by atoms with Crippen LogP contribution in [0.3, 0.4) is 0 Å². The number of nitrogens with one attached hydrogen (secondary N) is 2. The van der Waals surface area contributed by atoms with Gasteiger partial charge in [0.2, 0.25) is 5.95 Å². The fraction of sp³-hybridized carbons (Fsp3) is 0.500. The third-order valence-electron chi connectivity index (χ3n) is 2.87. The minimum absolute atomic E-state index is 0.0703. The van der Waals surface area contributed by atoms with Gasteiger partial charge in [0, 0.05) is 6.54 Å². The summed E-state index contributed by atoms with van der Waals surface area (Å²) in [6.07, 6.45) is -0.204. The summed E-state index contributed by atoms with van der Waals surface area (Å²) < 4.78 is 0. The van der Waals surface area contributed by atoms with Crippen LogP contribution < -0.4 is 16.6 Å². The first-order valence-corrected chi connectivity index (χ1v) is 6.60. The first-order chi connectivity index (χ1) is 10.0. The number of hydrogen-bond acceptors (Lipinski definition) is 8. The molecule has 0 spiro atoms. The van der Waals surface area contributed by atoms with Crippen LogP contribution in [0.25, 0.3) is 11.2 Å². The summed E-state index contributed by atoms with van der Waals surface area (Å²) in [5, 5.41) is 22.1. The maximum atomic E-state index is 11.9. The van der Waals surface area contributed by atoms with Gasteiger partial charge in [0.05, 0.1) is 18.0 Å². The van der Waals surface area contributed by atoms with Crippen LogP contribution >= 0.6 is 0 Å². The van der Waals surface area contributed by atoms with E-state index in [0.717, 1.165) is 6.42 Å². The Morgan fingerprint density at radius 3 is 2.86 bits per heavy atom. The number of aromatic amines is 1. The largest absolute Gasteiger partial charge is 0.390 e. The average molecular weight is 294 g/mol. The normalized spacial score (nSPS) is 14.1. The van der Waals surface area contributed by atoms with Gasteiger partial charge in [0.25, 0.3) is 5.56 Å². The van der Waals surface area contributed by atoms with E-state index in [4.69, 9.17) is 5.73 Å². The third kappa shape index (κ3) is 3.51. The minimum atomic E-state index is -1.18. The van der Waals surface area contributed by atoms with Crippen LogP contribution in [0.4, 0.5) is 5.95 Å². The summed E-state index contributed by atoms with van der Waals surface area (Å²) in [7, 11) is 0. The number of aromatic nitrogens is 4. The van der Waals surface area contributed by atoms with Crippen molar-refractivity contribution >= 4 is 17.1 Å². The molecular weight excluding hydrogens is 276 g/mol. The lowest BCUT2D eigenvalue weighted by atomic mass is 10.2. The second kappa shape index (κ2) is 6.57. The van der Waals surface area contributed by atoms with E-state index in [1.165, 1.54) is 13.1 Å². The quantitative estimate of drug-likeness (QED) is 0.421. The van der Waals surface area contributed by atoms with Gasteiger partial charge in [-0.3, -0.25) is 9.78 Å². The Morgan fingerprint density at radius 1 is 1.43 bits per heavy atom. The zero-order valence-electron chi connectivity index (χ0n) is 11.6. The Hall–Kier alpha value is -2.10. The van der Waals surface area contributed by atoms with Crippen LogP contribution in [0.15, 0.2) is 11.0 Å². The fourth-order valence-corrected chi connectivity index (χ4v) is 1.71. The lowest BCUT2D eigenvalue weighted by molar-refractivity contribution is 0.0278. The van der Waals surface area contributed by atoms with Gasteiger partial charge in [-0.15, -0.1) is 0 Å². The first kappa shape index (κ1) is 15.3. The highest BCUT2D eigenvalue weighted by Gasteiger charge is 2.17. The standard InChI is InChI=1S/C12H18N6O3/c1-6(19)9(20)7-5-15-8-10(16-7)17-12(18-11(8)21)14-4-2-3-13/h5-6,9,19-20H,2-4,13H2,1H3,(H2,14,16,17,18,21). The number of anilines is 1. The Labute approximate surface area is 120 Å². The number of hydrogen-bond donors (Lipinski definition) is 5. The van der Waals surface area contributed by atoms with Crippen LogP contribution in [0.2, 0.25) is 0 Å². The molecule has 2 aromatic rings. The lowest BCUT2D eigenvalue weighted by Gasteiger charge is -2.12. The predicted molar refractivity (Wildman–Crippen MR) is 76.8 cm³/mol. The topological polar surface area (TPSA) is 150 Å². The van der Waals surface area contributed by atoms with Crippen molar-refractivity contribution in [3.63, 3.8) is 0 Å². The molecule has 6 N–H and O–H groups in total. The van der Waals surface area contributed by atoms with Crippen LogP contribution in [-0.2, 0) is 0 Å². The fourth-order valence-electron chi connectivity index (χ4n) is 1.71. The van der Waals surface area contributed by atoms with Crippen LogP contribution in [0, 0.1) is 0 Å². The minimum Gasteiger partial charge on any atom is -0.390 e. The van der Waals surface area contributed by atoms with E-state index in [-0.39, 0.29) is 22.8 Å². The second-order valence-corrected chi connectivity index (χ2v) is 4.64. The molecule has 0 amide bonds. The number of aliphatic hydroxyl groups excluding tert-OH is 2. The molecule has 0 saturated carbocycles. The van der Waals surface area contributed by atoms with Crippen molar-refractivity contribution in [1.29, 1.82) is 0 Å². The summed E-state index contributed by atoms with van der Waals surface area (Å²) in [5.74, 6) is 0.263. The lowest BCUT2D eigenvalue weighted by Crippen LogP contribution is -2.19. The maximum Gasteiger partial charge on any atom is 0.280 e. The Kier molecular flexibility index (Phi) is 4.78. The Bertz CT molecular complexity index is 672. The summed E-state index contributed by atoms with van der Waals surface area (Å²) >= 11 is 0. The number of nitrogens with zero attached hydrogens (tertiary/aromatic N) is 3. The van der Waals surface area contributed by atoms with E-state index in [2.05, 4.69) is 25.3 Å².